The highest BCUT2D eigenvalue weighted by molar-refractivity contribution is 7.87. The molecule has 0 heterocycles. The van der Waals surface area contributed by atoms with Gasteiger partial charge in [-0.05, 0) is 36.8 Å². The maximum atomic E-state index is 14.0. The molecule has 8 heteroatoms. The average molecular weight is 395 g/mol. The van der Waals surface area contributed by atoms with Crippen LogP contribution in [0.5, 0.6) is 5.75 Å². The van der Waals surface area contributed by atoms with E-state index in [4.69, 9.17) is 8.92 Å². The number of methoxy groups -OCH3 is 1. The summed E-state index contributed by atoms with van der Waals surface area (Å²) in [7, 11) is -2.14. The molecule has 0 spiro atoms. The molecule has 27 heavy (non-hydrogen) atoms. The number of amides is 1. The molecular formula is C19H22FNO5S. The van der Waals surface area contributed by atoms with Crippen molar-refractivity contribution < 1.29 is 26.5 Å². The van der Waals surface area contributed by atoms with Crippen LogP contribution in [0.15, 0.2) is 48.5 Å². The first-order chi connectivity index (χ1) is 12.9. The number of nitrogens with zero attached hydrogens (tertiary/aromatic N) is 1. The van der Waals surface area contributed by atoms with Crippen molar-refractivity contribution in [2.45, 2.75) is 13.5 Å². The van der Waals surface area contributed by atoms with Crippen molar-refractivity contribution in [3.05, 3.63) is 65.5 Å². The number of benzene rings is 2. The predicted octanol–water partition coefficient (Wildman–Crippen LogP) is 2.84. The van der Waals surface area contributed by atoms with Gasteiger partial charge in [0, 0.05) is 20.2 Å². The molecule has 2 rings (SSSR count). The zero-order chi connectivity index (χ0) is 19.9. The Balaban J connectivity index is 2.23. The van der Waals surface area contributed by atoms with E-state index in [0.29, 0.717) is 5.56 Å². The SMILES string of the molecule is CCS(=O)(=O)Oc1cccc(CN(CCOC)C(=O)c2ccccc2F)c1. The maximum Gasteiger partial charge on any atom is 0.308 e. The van der Waals surface area contributed by atoms with Crippen molar-refractivity contribution in [2.75, 3.05) is 26.0 Å². The fraction of sp³-hybridized carbons (Fsp3) is 0.316. The lowest BCUT2D eigenvalue weighted by atomic mass is 10.1. The summed E-state index contributed by atoms with van der Waals surface area (Å²) in [5.74, 6) is -1.06. The minimum Gasteiger partial charge on any atom is -0.383 e. The lowest BCUT2D eigenvalue weighted by Gasteiger charge is -2.23. The molecular weight excluding hydrogens is 373 g/mol. The van der Waals surface area contributed by atoms with Gasteiger partial charge in [0.1, 0.15) is 11.6 Å². The maximum absolute atomic E-state index is 14.0. The van der Waals surface area contributed by atoms with E-state index in [2.05, 4.69) is 0 Å². The number of carbonyl (C=O) groups excluding carboxylic acids is 1. The van der Waals surface area contributed by atoms with Gasteiger partial charge in [-0.15, -0.1) is 0 Å². The Labute approximate surface area is 158 Å². The smallest absolute Gasteiger partial charge is 0.308 e. The van der Waals surface area contributed by atoms with Crippen molar-refractivity contribution in [3.63, 3.8) is 0 Å². The summed E-state index contributed by atoms with van der Waals surface area (Å²) < 4.78 is 47.3. The molecule has 0 fully saturated rings. The molecule has 6 nitrogen and oxygen atoms in total. The highest BCUT2D eigenvalue weighted by atomic mass is 32.2. The van der Waals surface area contributed by atoms with Crippen molar-refractivity contribution in [1.82, 2.24) is 4.90 Å². The highest BCUT2D eigenvalue weighted by Gasteiger charge is 2.19. The van der Waals surface area contributed by atoms with Crippen LogP contribution in [0.3, 0.4) is 0 Å². The van der Waals surface area contributed by atoms with Crippen LogP contribution in [0.4, 0.5) is 4.39 Å². The van der Waals surface area contributed by atoms with Crippen LogP contribution in [0.25, 0.3) is 0 Å². The second-order valence-electron chi connectivity index (χ2n) is 5.78. The van der Waals surface area contributed by atoms with E-state index in [0.717, 1.165) is 0 Å². The number of carbonyl (C=O) groups is 1. The third-order valence-electron chi connectivity index (χ3n) is 3.81. The monoisotopic (exact) mass is 395 g/mol. The number of halogens is 1. The van der Waals surface area contributed by atoms with Crippen LogP contribution in [0, 0.1) is 5.82 Å². The van der Waals surface area contributed by atoms with Gasteiger partial charge in [-0.2, -0.15) is 8.42 Å². The topological polar surface area (TPSA) is 72.9 Å². The fourth-order valence-corrected chi connectivity index (χ4v) is 2.90. The summed E-state index contributed by atoms with van der Waals surface area (Å²) in [6.07, 6.45) is 0. The van der Waals surface area contributed by atoms with Crippen LogP contribution in [-0.2, 0) is 21.4 Å². The van der Waals surface area contributed by atoms with Gasteiger partial charge in [0.25, 0.3) is 5.91 Å². The van der Waals surface area contributed by atoms with Crippen molar-refractivity contribution in [3.8, 4) is 5.75 Å². The minimum absolute atomic E-state index is 0.0328. The van der Waals surface area contributed by atoms with E-state index in [1.54, 1.807) is 24.3 Å². The normalized spacial score (nSPS) is 11.2. The summed E-state index contributed by atoms with van der Waals surface area (Å²) in [6, 6.07) is 12.2. The third kappa shape index (κ3) is 6.04. The van der Waals surface area contributed by atoms with Crippen LogP contribution in [0.1, 0.15) is 22.8 Å². The molecule has 0 aromatic heterocycles. The Morgan fingerprint density at radius 1 is 1.15 bits per heavy atom. The van der Waals surface area contributed by atoms with Crippen LogP contribution in [0.2, 0.25) is 0 Å². The third-order valence-corrected chi connectivity index (χ3v) is 4.96. The first-order valence-corrected chi connectivity index (χ1v) is 9.98. The summed E-state index contributed by atoms with van der Waals surface area (Å²) in [6.45, 7) is 2.17. The number of hydrogen-bond donors (Lipinski definition) is 0. The van der Waals surface area contributed by atoms with Crippen LogP contribution < -0.4 is 4.18 Å². The van der Waals surface area contributed by atoms with E-state index < -0.39 is 21.8 Å². The zero-order valence-electron chi connectivity index (χ0n) is 15.2. The molecule has 0 saturated heterocycles. The number of rotatable bonds is 9. The Hall–Kier alpha value is -2.45. The molecule has 146 valence electrons. The van der Waals surface area contributed by atoms with Gasteiger partial charge in [0.2, 0.25) is 0 Å². The van der Waals surface area contributed by atoms with Gasteiger partial charge in [0.15, 0.2) is 0 Å². The average Bonchev–Trinajstić information content (AvgIpc) is 2.65. The zero-order valence-corrected chi connectivity index (χ0v) is 16.0. The lowest BCUT2D eigenvalue weighted by Crippen LogP contribution is -2.34. The number of hydrogen-bond acceptors (Lipinski definition) is 5. The van der Waals surface area contributed by atoms with Gasteiger partial charge in [-0.1, -0.05) is 24.3 Å². The van der Waals surface area contributed by atoms with Crippen molar-refractivity contribution >= 4 is 16.0 Å². The van der Waals surface area contributed by atoms with E-state index in [1.807, 2.05) is 0 Å². The second-order valence-corrected chi connectivity index (χ2v) is 7.64. The van der Waals surface area contributed by atoms with Crippen LogP contribution in [-0.4, -0.2) is 45.2 Å². The Kier molecular flexibility index (Phi) is 7.32. The molecule has 0 saturated carbocycles. The largest absolute Gasteiger partial charge is 0.383 e. The Bertz CT molecular complexity index is 885. The summed E-state index contributed by atoms with van der Waals surface area (Å²) >= 11 is 0. The van der Waals surface area contributed by atoms with E-state index >= 15 is 0 Å². The highest BCUT2D eigenvalue weighted by Crippen LogP contribution is 2.19. The summed E-state index contributed by atoms with van der Waals surface area (Å²) in [4.78, 5) is 14.2. The molecule has 0 N–H and O–H groups in total. The summed E-state index contributed by atoms with van der Waals surface area (Å²) in [5, 5.41) is 0. The van der Waals surface area contributed by atoms with Gasteiger partial charge in [-0.25, -0.2) is 4.39 Å². The van der Waals surface area contributed by atoms with E-state index in [-0.39, 0.29) is 36.8 Å². The molecule has 0 radical (unpaired) electrons. The quantitative estimate of drug-likeness (QED) is 0.611. The molecule has 1 amide bonds. The molecule has 0 unspecified atom stereocenters. The molecule has 0 atom stereocenters. The van der Waals surface area contributed by atoms with Gasteiger partial charge in [0.05, 0.1) is 17.9 Å². The van der Waals surface area contributed by atoms with Crippen LogP contribution >= 0.6 is 0 Å². The predicted molar refractivity (Wildman–Crippen MR) is 99.5 cm³/mol. The summed E-state index contributed by atoms with van der Waals surface area (Å²) in [5.41, 5.74) is 0.620. The molecule has 2 aromatic rings. The molecule has 2 aromatic carbocycles. The van der Waals surface area contributed by atoms with Crippen molar-refractivity contribution in [1.29, 1.82) is 0 Å². The molecule has 0 aliphatic heterocycles. The first kappa shape index (κ1) is 20.9. The van der Waals surface area contributed by atoms with Gasteiger partial charge >= 0.3 is 10.1 Å². The molecule has 0 aliphatic rings. The standard InChI is InChI=1S/C19H22FNO5S/c1-3-27(23,24)26-16-8-6-7-15(13-16)14-21(11-12-25-2)19(22)17-9-4-5-10-18(17)20/h4-10,13H,3,11-12,14H2,1-2H3. The second kappa shape index (κ2) is 9.48. The van der Waals surface area contributed by atoms with E-state index in [9.17, 15) is 17.6 Å². The lowest BCUT2D eigenvalue weighted by molar-refractivity contribution is 0.0675. The van der Waals surface area contributed by atoms with Crippen molar-refractivity contribution in [2.24, 2.45) is 0 Å². The number of ether oxygens (including phenoxy) is 1. The minimum atomic E-state index is -3.65. The fourth-order valence-electron chi connectivity index (χ4n) is 2.38. The Morgan fingerprint density at radius 3 is 2.56 bits per heavy atom. The van der Waals surface area contributed by atoms with Gasteiger partial charge < -0.3 is 13.8 Å². The van der Waals surface area contributed by atoms with Gasteiger partial charge in [-0.3, -0.25) is 4.79 Å². The van der Waals surface area contributed by atoms with E-state index in [1.165, 1.54) is 43.2 Å². The first-order valence-electron chi connectivity index (χ1n) is 8.40. The Morgan fingerprint density at radius 2 is 1.89 bits per heavy atom. The molecule has 0 bridgehead atoms. The molecule has 0 aliphatic carbocycles.